The van der Waals surface area contributed by atoms with E-state index in [4.69, 9.17) is 0 Å². The van der Waals surface area contributed by atoms with Gasteiger partial charge in [0.2, 0.25) is 5.91 Å². The van der Waals surface area contributed by atoms with Gasteiger partial charge in [0.15, 0.2) is 0 Å². The highest BCUT2D eigenvalue weighted by Gasteiger charge is 2.41. The minimum atomic E-state index is -0.498. The van der Waals surface area contributed by atoms with Crippen LogP contribution in [0.3, 0.4) is 0 Å². The van der Waals surface area contributed by atoms with Crippen molar-refractivity contribution in [1.82, 2.24) is 10.2 Å². The first-order valence-electron chi connectivity index (χ1n) is 7.53. The third kappa shape index (κ3) is 3.00. The van der Waals surface area contributed by atoms with Crippen molar-refractivity contribution in [1.29, 1.82) is 0 Å². The van der Waals surface area contributed by atoms with Gasteiger partial charge in [0.25, 0.3) is 0 Å². The summed E-state index contributed by atoms with van der Waals surface area (Å²) in [6.45, 7) is 3.14. The number of carbonyl (C=O) groups is 1. The molecule has 4 nitrogen and oxygen atoms in total. The molecule has 2 aliphatic heterocycles. The monoisotopic (exact) mass is 352 g/mol. The Morgan fingerprint density at radius 1 is 1.29 bits per heavy atom. The van der Waals surface area contributed by atoms with E-state index in [0.717, 1.165) is 17.3 Å². The van der Waals surface area contributed by atoms with Gasteiger partial charge in [-0.3, -0.25) is 9.69 Å². The second-order valence-corrected chi connectivity index (χ2v) is 7.08. The van der Waals surface area contributed by atoms with Crippen LogP contribution in [-0.2, 0) is 4.79 Å². The van der Waals surface area contributed by atoms with E-state index in [9.17, 15) is 9.90 Å². The third-order valence-electron chi connectivity index (χ3n) is 4.64. The maximum atomic E-state index is 12.3. The highest BCUT2D eigenvalue weighted by molar-refractivity contribution is 9.10. The highest BCUT2D eigenvalue weighted by atomic mass is 79.9. The molecule has 2 aliphatic rings. The topological polar surface area (TPSA) is 52.6 Å². The van der Waals surface area contributed by atoms with Gasteiger partial charge in [0.1, 0.15) is 0 Å². The number of fused-ring (bicyclic) bond motifs is 1. The Hall–Kier alpha value is -0.910. The Labute approximate surface area is 133 Å². The second-order valence-electron chi connectivity index (χ2n) is 6.16. The molecule has 5 heteroatoms. The Balaban J connectivity index is 1.95. The molecule has 2 saturated heterocycles. The molecule has 1 aromatic rings. The standard InChI is InChI=1S/C16H21BrN2O2/c1-10-2-7-14-16(21)18-8-13(20)9-19(14)15(10)11-3-5-12(17)6-4-11/h3-6,10,13-15,20H,2,7-9H2,1H3,(H,18,21)/t10-,13-,14+,15+/m1/s1. The van der Waals surface area contributed by atoms with Crippen molar-refractivity contribution in [3.8, 4) is 0 Å². The van der Waals surface area contributed by atoms with Crippen LogP contribution in [0.25, 0.3) is 0 Å². The van der Waals surface area contributed by atoms with Gasteiger partial charge in [-0.15, -0.1) is 0 Å². The van der Waals surface area contributed by atoms with Crippen molar-refractivity contribution >= 4 is 21.8 Å². The number of benzene rings is 1. The zero-order valence-corrected chi connectivity index (χ0v) is 13.7. The summed E-state index contributed by atoms with van der Waals surface area (Å²) in [5, 5.41) is 12.9. The second kappa shape index (κ2) is 6.07. The van der Waals surface area contributed by atoms with Gasteiger partial charge >= 0.3 is 0 Å². The molecule has 0 aliphatic carbocycles. The maximum absolute atomic E-state index is 12.3. The molecule has 2 N–H and O–H groups in total. The summed E-state index contributed by atoms with van der Waals surface area (Å²) in [6, 6.07) is 8.38. The van der Waals surface area contributed by atoms with E-state index in [0.29, 0.717) is 19.0 Å². The Bertz CT molecular complexity index is 520. The number of rotatable bonds is 1. The molecule has 0 bridgehead atoms. The van der Waals surface area contributed by atoms with E-state index < -0.39 is 6.10 Å². The zero-order valence-electron chi connectivity index (χ0n) is 12.1. The molecule has 0 radical (unpaired) electrons. The van der Waals surface area contributed by atoms with Crippen LogP contribution in [0.1, 0.15) is 31.4 Å². The lowest BCUT2D eigenvalue weighted by Gasteiger charge is -2.44. The molecular weight excluding hydrogens is 332 g/mol. The van der Waals surface area contributed by atoms with E-state index in [1.54, 1.807) is 0 Å². The Morgan fingerprint density at radius 2 is 2.00 bits per heavy atom. The minimum absolute atomic E-state index is 0.0561. The van der Waals surface area contributed by atoms with Crippen LogP contribution in [-0.4, -0.2) is 41.1 Å². The van der Waals surface area contributed by atoms with Crippen LogP contribution < -0.4 is 5.32 Å². The van der Waals surface area contributed by atoms with Crippen molar-refractivity contribution in [3.05, 3.63) is 34.3 Å². The molecule has 2 heterocycles. The van der Waals surface area contributed by atoms with E-state index in [1.807, 2.05) is 12.1 Å². The number of piperidine rings is 1. The zero-order chi connectivity index (χ0) is 15.0. The number of hydrogen-bond acceptors (Lipinski definition) is 3. The number of halogens is 1. The van der Waals surface area contributed by atoms with Gasteiger partial charge in [0, 0.05) is 23.6 Å². The van der Waals surface area contributed by atoms with Crippen LogP contribution in [0.5, 0.6) is 0 Å². The lowest BCUT2D eigenvalue weighted by molar-refractivity contribution is -0.128. The summed E-state index contributed by atoms with van der Waals surface area (Å²) in [5.74, 6) is 0.529. The number of nitrogens with one attached hydrogen (secondary N) is 1. The number of β-amino-alcohol motifs (C(OH)–C–C–N with tert-alkyl or cyclic N) is 1. The summed E-state index contributed by atoms with van der Waals surface area (Å²) in [5.41, 5.74) is 1.22. The fraction of sp³-hybridized carbons (Fsp3) is 0.562. The minimum Gasteiger partial charge on any atom is -0.390 e. The summed E-state index contributed by atoms with van der Waals surface area (Å²) in [6.07, 6.45) is 1.40. The maximum Gasteiger partial charge on any atom is 0.237 e. The smallest absolute Gasteiger partial charge is 0.237 e. The number of aliphatic hydroxyl groups excluding tert-OH is 1. The average Bonchev–Trinajstić information content (AvgIpc) is 2.60. The Kier molecular flexibility index (Phi) is 4.33. The third-order valence-corrected chi connectivity index (χ3v) is 5.17. The first-order valence-corrected chi connectivity index (χ1v) is 8.32. The van der Waals surface area contributed by atoms with Crippen molar-refractivity contribution in [2.75, 3.05) is 13.1 Å². The Morgan fingerprint density at radius 3 is 2.71 bits per heavy atom. The van der Waals surface area contributed by atoms with Gasteiger partial charge in [0.05, 0.1) is 12.1 Å². The SMILES string of the molecule is C[C@@H]1CC[C@H]2C(=O)NC[C@@H](O)CN2[C@@H]1c1ccc(Br)cc1. The lowest BCUT2D eigenvalue weighted by Crippen LogP contribution is -2.51. The lowest BCUT2D eigenvalue weighted by atomic mass is 9.82. The fourth-order valence-corrected chi connectivity index (χ4v) is 3.88. The van der Waals surface area contributed by atoms with Gasteiger partial charge in [-0.05, 0) is 36.5 Å². The number of nitrogens with zero attached hydrogens (tertiary/aromatic N) is 1. The normalized spacial score (nSPS) is 34.0. The van der Waals surface area contributed by atoms with Crippen molar-refractivity contribution in [2.45, 2.75) is 38.0 Å². The van der Waals surface area contributed by atoms with E-state index >= 15 is 0 Å². The van der Waals surface area contributed by atoms with Crippen LogP contribution in [0.15, 0.2) is 28.7 Å². The summed E-state index contributed by atoms with van der Waals surface area (Å²) >= 11 is 3.47. The quantitative estimate of drug-likeness (QED) is 0.813. The molecule has 4 atom stereocenters. The number of carbonyl (C=O) groups excluding carboxylic acids is 1. The first kappa shape index (κ1) is 15.0. The molecule has 0 spiro atoms. The molecule has 0 saturated carbocycles. The van der Waals surface area contributed by atoms with Crippen LogP contribution in [0.4, 0.5) is 0 Å². The van der Waals surface area contributed by atoms with Crippen molar-refractivity contribution < 1.29 is 9.90 Å². The molecule has 0 unspecified atom stereocenters. The highest BCUT2D eigenvalue weighted by Crippen LogP contribution is 2.39. The molecule has 21 heavy (non-hydrogen) atoms. The van der Waals surface area contributed by atoms with E-state index in [1.165, 1.54) is 5.56 Å². The number of hydrogen-bond donors (Lipinski definition) is 2. The van der Waals surface area contributed by atoms with Gasteiger partial charge in [-0.25, -0.2) is 0 Å². The number of aliphatic hydroxyl groups is 1. The van der Waals surface area contributed by atoms with Gasteiger partial charge in [-0.2, -0.15) is 0 Å². The van der Waals surface area contributed by atoms with E-state index in [2.05, 4.69) is 45.2 Å². The van der Waals surface area contributed by atoms with Gasteiger partial charge in [-0.1, -0.05) is 35.0 Å². The predicted molar refractivity (Wildman–Crippen MR) is 84.8 cm³/mol. The molecule has 114 valence electrons. The van der Waals surface area contributed by atoms with Crippen LogP contribution in [0.2, 0.25) is 0 Å². The molecule has 1 aromatic carbocycles. The van der Waals surface area contributed by atoms with Crippen molar-refractivity contribution in [3.63, 3.8) is 0 Å². The van der Waals surface area contributed by atoms with Crippen LogP contribution >= 0.6 is 15.9 Å². The summed E-state index contributed by atoms with van der Waals surface area (Å²) in [4.78, 5) is 14.5. The molecular formula is C16H21BrN2O2. The average molecular weight is 353 g/mol. The molecule has 1 amide bonds. The number of amides is 1. The molecule has 3 rings (SSSR count). The van der Waals surface area contributed by atoms with Crippen molar-refractivity contribution in [2.24, 2.45) is 5.92 Å². The van der Waals surface area contributed by atoms with Gasteiger partial charge < -0.3 is 10.4 Å². The predicted octanol–water partition coefficient (Wildman–Crippen LogP) is 2.08. The fourth-order valence-electron chi connectivity index (χ4n) is 3.61. The largest absolute Gasteiger partial charge is 0.390 e. The van der Waals surface area contributed by atoms with Crippen LogP contribution in [0, 0.1) is 5.92 Å². The molecule has 2 fully saturated rings. The summed E-state index contributed by atoms with van der Waals surface area (Å²) < 4.78 is 1.06. The summed E-state index contributed by atoms with van der Waals surface area (Å²) in [7, 11) is 0. The van der Waals surface area contributed by atoms with E-state index in [-0.39, 0.29) is 18.0 Å². The first-order chi connectivity index (χ1) is 10.1. The molecule has 0 aromatic heterocycles.